The van der Waals surface area contributed by atoms with Crippen LogP contribution < -0.4 is 0 Å². The van der Waals surface area contributed by atoms with Gasteiger partial charge in [-0.05, 0) is 19.8 Å². The summed E-state index contributed by atoms with van der Waals surface area (Å²) in [6, 6.07) is 0. The number of esters is 1. The summed E-state index contributed by atoms with van der Waals surface area (Å²) in [5, 5.41) is 0. The lowest BCUT2D eigenvalue weighted by Crippen LogP contribution is -2.36. The van der Waals surface area contributed by atoms with Gasteiger partial charge in [0.05, 0.1) is 25.2 Å². The summed E-state index contributed by atoms with van der Waals surface area (Å²) in [6.45, 7) is 8.99. The largest absolute Gasteiger partial charge is 0.457 e. The van der Waals surface area contributed by atoms with E-state index in [0.29, 0.717) is 13.2 Å². The molecule has 2 fully saturated rings. The standard InChI is InChI=1S/C16H28O5/c1-5-7-11(4)20-12-8-18-15-13(9-19-14(12)15)21-16(17)10(3)6-2/h10-15H,5-9H2,1-4H3. The molecule has 6 atom stereocenters. The second-order valence-electron chi connectivity index (χ2n) is 6.15. The highest BCUT2D eigenvalue weighted by Crippen LogP contribution is 2.31. The van der Waals surface area contributed by atoms with Crippen LogP contribution in [0, 0.1) is 5.92 Å². The molecular weight excluding hydrogens is 272 g/mol. The lowest BCUT2D eigenvalue weighted by molar-refractivity contribution is -0.158. The molecule has 0 N–H and O–H groups in total. The first-order valence-corrected chi connectivity index (χ1v) is 8.15. The van der Waals surface area contributed by atoms with Gasteiger partial charge < -0.3 is 18.9 Å². The minimum absolute atomic E-state index is 0.0520. The smallest absolute Gasteiger partial charge is 0.309 e. The number of hydrogen-bond donors (Lipinski definition) is 0. The normalized spacial score (nSPS) is 34.5. The summed E-state index contributed by atoms with van der Waals surface area (Å²) in [4.78, 5) is 11.9. The third-order valence-corrected chi connectivity index (χ3v) is 4.35. The van der Waals surface area contributed by atoms with Gasteiger partial charge in [-0.25, -0.2) is 0 Å². The molecule has 6 unspecified atom stereocenters. The Labute approximate surface area is 127 Å². The van der Waals surface area contributed by atoms with E-state index < -0.39 is 0 Å². The van der Waals surface area contributed by atoms with Crippen LogP contribution >= 0.6 is 0 Å². The molecule has 0 aromatic rings. The fraction of sp³-hybridized carbons (Fsp3) is 0.938. The summed E-state index contributed by atoms with van der Waals surface area (Å²) in [7, 11) is 0. The average molecular weight is 300 g/mol. The second-order valence-corrected chi connectivity index (χ2v) is 6.15. The van der Waals surface area contributed by atoms with E-state index in [1.165, 1.54) is 0 Å². The first-order valence-electron chi connectivity index (χ1n) is 8.15. The van der Waals surface area contributed by atoms with Crippen LogP contribution in [0.15, 0.2) is 0 Å². The molecule has 2 rings (SSSR count). The highest BCUT2D eigenvalue weighted by atomic mass is 16.7. The quantitative estimate of drug-likeness (QED) is 0.675. The minimum atomic E-state index is -0.299. The fourth-order valence-electron chi connectivity index (χ4n) is 2.85. The Morgan fingerprint density at radius 2 is 1.76 bits per heavy atom. The lowest BCUT2D eigenvalue weighted by Gasteiger charge is -2.21. The summed E-state index contributed by atoms with van der Waals surface area (Å²) in [5.41, 5.74) is 0. The first-order chi connectivity index (χ1) is 10.1. The molecule has 21 heavy (non-hydrogen) atoms. The molecule has 2 heterocycles. The van der Waals surface area contributed by atoms with Crippen molar-refractivity contribution < 1.29 is 23.7 Å². The zero-order valence-electron chi connectivity index (χ0n) is 13.5. The molecule has 0 aromatic heterocycles. The molecule has 0 saturated carbocycles. The van der Waals surface area contributed by atoms with Crippen molar-refractivity contribution in [3.8, 4) is 0 Å². The molecule has 5 heteroatoms. The number of ether oxygens (including phenoxy) is 4. The van der Waals surface area contributed by atoms with Crippen LogP contribution in [0.2, 0.25) is 0 Å². The number of hydrogen-bond acceptors (Lipinski definition) is 5. The van der Waals surface area contributed by atoms with E-state index in [-0.39, 0.29) is 42.4 Å². The molecule has 0 spiro atoms. The second kappa shape index (κ2) is 7.56. The Balaban J connectivity index is 1.85. The molecule has 0 aliphatic carbocycles. The maximum absolute atomic E-state index is 11.9. The molecule has 0 aromatic carbocycles. The molecule has 2 aliphatic heterocycles. The van der Waals surface area contributed by atoms with Crippen LogP contribution in [-0.4, -0.2) is 49.7 Å². The van der Waals surface area contributed by atoms with Gasteiger partial charge in [0.15, 0.2) is 6.10 Å². The van der Waals surface area contributed by atoms with Crippen molar-refractivity contribution in [3.05, 3.63) is 0 Å². The van der Waals surface area contributed by atoms with Gasteiger partial charge in [0, 0.05) is 0 Å². The highest BCUT2D eigenvalue weighted by molar-refractivity contribution is 5.72. The van der Waals surface area contributed by atoms with Gasteiger partial charge in [-0.3, -0.25) is 4.79 Å². The van der Waals surface area contributed by atoms with Gasteiger partial charge in [0.1, 0.15) is 18.3 Å². The van der Waals surface area contributed by atoms with Crippen molar-refractivity contribution in [3.63, 3.8) is 0 Å². The van der Waals surface area contributed by atoms with Gasteiger partial charge in [-0.1, -0.05) is 27.2 Å². The molecule has 5 nitrogen and oxygen atoms in total. The Kier molecular flexibility index (Phi) is 6.02. The Bertz CT molecular complexity index is 346. The molecule has 0 radical (unpaired) electrons. The summed E-state index contributed by atoms with van der Waals surface area (Å²) >= 11 is 0. The Hall–Kier alpha value is -0.650. The number of rotatable bonds is 7. The van der Waals surface area contributed by atoms with E-state index >= 15 is 0 Å². The molecule has 2 saturated heterocycles. The van der Waals surface area contributed by atoms with Gasteiger partial charge in [-0.15, -0.1) is 0 Å². The monoisotopic (exact) mass is 300 g/mol. The maximum Gasteiger partial charge on any atom is 0.309 e. The van der Waals surface area contributed by atoms with Crippen molar-refractivity contribution in [2.24, 2.45) is 5.92 Å². The highest BCUT2D eigenvalue weighted by Gasteiger charge is 2.50. The molecule has 0 amide bonds. The Morgan fingerprint density at radius 3 is 2.38 bits per heavy atom. The van der Waals surface area contributed by atoms with E-state index in [1.807, 2.05) is 13.8 Å². The Morgan fingerprint density at radius 1 is 1.14 bits per heavy atom. The summed E-state index contributed by atoms with van der Waals surface area (Å²) < 4.78 is 23.1. The van der Waals surface area contributed by atoms with Gasteiger partial charge in [-0.2, -0.15) is 0 Å². The zero-order chi connectivity index (χ0) is 15.4. The number of carbonyl (C=O) groups excluding carboxylic acids is 1. The molecule has 0 bridgehead atoms. The van der Waals surface area contributed by atoms with Crippen molar-refractivity contribution in [1.82, 2.24) is 0 Å². The predicted octanol–water partition coefficient (Wildman–Crippen LogP) is 2.32. The van der Waals surface area contributed by atoms with Crippen LogP contribution in [0.1, 0.15) is 47.0 Å². The summed E-state index contributed by atoms with van der Waals surface area (Å²) in [6.07, 6.45) is 2.46. The third-order valence-electron chi connectivity index (χ3n) is 4.35. The SMILES string of the molecule is CCCC(C)OC1COC2C(OC(=O)C(C)CC)COC12. The molecule has 122 valence electrons. The summed E-state index contributed by atoms with van der Waals surface area (Å²) in [5.74, 6) is -0.249. The van der Waals surface area contributed by atoms with Gasteiger partial charge in [0.2, 0.25) is 0 Å². The maximum atomic E-state index is 11.9. The van der Waals surface area contributed by atoms with E-state index in [0.717, 1.165) is 19.3 Å². The molecular formula is C16H28O5. The average Bonchev–Trinajstić information content (AvgIpc) is 3.02. The zero-order valence-corrected chi connectivity index (χ0v) is 13.5. The predicted molar refractivity (Wildman–Crippen MR) is 78.1 cm³/mol. The van der Waals surface area contributed by atoms with Crippen LogP contribution in [0.5, 0.6) is 0 Å². The van der Waals surface area contributed by atoms with E-state index in [4.69, 9.17) is 18.9 Å². The van der Waals surface area contributed by atoms with Gasteiger partial charge in [0.25, 0.3) is 0 Å². The first kappa shape index (κ1) is 16.7. The van der Waals surface area contributed by atoms with Crippen molar-refractivity contribution in [1.29, 1.82) is 0 Å². The van der Waals surface area contributed by atoms with Crippen LogP contribution in [-0.2, 0) is 23.7 Å². The van der Waals surface area contributed by atoms with Crippen molar-refractivity contribution >= 4 is 5.97 Å². The van der Waals surface area contributed by atoms with Crippen molar-refractivity contribution in [2.45, 2.75) is 77.5 Å². The minimum Gasteiger partial charge on any atom is -0.457 e. The topological polar surface area (TPSA) is 54.0 Å². The third kappa shape index (κ3) is 3.96. The number of fused-ring (bicyclic) bond motifs is 1. The van der Waals surface area contributed by atoms with E-state index in [1.54, 1.807) is 0 Å². The van der Waals surface area contributed by atoms with E-state index in [2.05, 4.69) is 13.8 Å². The molecule has 2 aliphatic rings. The van der Waals surface area contributed by atoms with Crippen LogP contribution in [0.3, 0.4) is 0 Å². The fourth-order valence-corrected chi connectivity index (χ4v) is 2.85. The van der Waals surface area contributed by atoms with Crippen LogP contribution in [0.25, 0.3) is 0 Å². The lowest BCUT2D eigenvalue weighted by atomic mass is 10.1. The van der Waals surface area contributed by atoms with Crippen LogP contribution in [0.4, 0.5) is 0 Å². The van der Waals surface area contributed by atoms with Gasteiger partial charge >= 0.3 is 5.97 Å². The number of carbonyl (C=O) groups is 1. The van der Waals surface area contributed by atoms with E-state index in [9.17, 15) is 4.79 Å². The van der Waals surface area contributed by atoms with Crippen molar-refractivity contribution in [2.75, 3.05) is 13.2 Å².